The van der Waals surface area contributed by atoms with E-state index in [1.165, 1.54) is 30.8 Å². The summed E-state index contributed by atoms with van der Waals surface area (Å²) in [6, 6.07) is 0. The molecule has 1 aliphatic rings. The third kappa shape index (κ3) is 2.65. The van der Waals surface area contributed by atoms with E-state index >= 15 is 0 Å². The summed E-state index contributed by atoms with van der Waals surface area (Å²) in [6.45, 7) is 2.93. The molecule has 0 bridgehead atoms. The summed E-state index contributed by atoms with van der Waals surface area (Å²) in [6.07, 6.45) is 3.79. The Labute approximate surface area is 133 Å². The lowest BCUT2D eigenvalue weighted by molar-refractivity contribution is 0.0740. The van der Waals surface area contributed by atoms with Crippen LogP contribution < -0.4 is 11.1 Å². The van der Waals surface area contributed by atoms with E-state index in [0.29, 0.717) is 5.82 Å². The molecule has 21 heavy (non-hydrogen) atoms. The molecule has 0 spiro atoms. The van der Waals surface area contributed by atoms with Crippen molar-refractivity contribution in [2.45, 2.75) is 31.7 Å². The van der Waals surface area contributed by atoms with Crippen molar-refractivity contribution >= 4 is 33.7 Å². The van der Waals surface area contributed by atoms with E-state index in [-0.39, 0.29) is 5.54 Å². The van der Waals surface area contributed by atoms with E-state index in [1.807, 2.05) is 12.3 Å². The summed E-state index contributed by atoms with van der Waals surface area (Å²) in [5.41, 5.74) is 8.30. The second-order valence-electron chi connectivity index (χ2n) is 5.89. The van der Waals surface area contributed by atoms with Gasteiger partial charge in [0.15, 0.2) is 0 Å². The fraction of sp³-hybridized carbons (Fsp3) is 0.571. The molecule has 3 rings (SSSR count). The van der Waals surface area contributed by atoms with Crippen molar-refractivity contribution < 1.29 is 0 Å². The van der Waals surface area contributed by atoms with Crippen molar-refractivity contribution in [2.24, 2.45) is 0 Å². The van der Waals surface area contributed by atoms with Crippen LogP contribution in [0.1, 0.15) is 25.0 Å². The van der Waals surface area contributed by atoms with Crippen LogP contribution in [0.2, 0.25) is 0 Å². The highest BCUT2D eigenvalue weighted by atomic mass is 32.1. The Morgan fingerprint density at radius 1 is 1.43 bits per heavy atom. The molecule has 0 unspecified atom stereocenters. The Morgan fingerprint density at radius 3 is 2.71 bits per heavy atom. The summed E-state index contributed by atoms with van der Waals surface area (Å²) in [4.78, 5) is 6.88. The molecule has 1 aliphatic carbocycles. The molecule has 0 saturated heterocycles. The highest BCUT2D eigenvalue weighted by molar-refractivity contribution is 7.15. The number of anilines is 2. The SMILES string of the molecule is Cc1csc(-c2c(N)nsc2NCC2(N(C)C)CCC2)n1. The normalized spacial score (nSPS) is 17.0. The minimum Gasteiger partial charge on any atom is -0.382 e. The van der Waals surface area contributed by atoms with E-state index in [4.69, 9.17) is 5.73 Å². The molecule has 2 aromatic heterocycles. The number of nitrogens with one attached hydrogen (secondary N) is 1. The standard InChI is InChI=1S/C14H21N5S2/c1-9-7-20-13(17-9)10-11(15)18-21-12(10)16-8-14(19(2)3)5-4-6-14/h7,16H,4-6,8H2,1-3H3,(H2,15,18). The Morgan fingerprint density at radius 2 is 2.19 bits per heavy atom. The molecule has 0 amide bonds. The Kier molecular flexibility index (Phi) is 3.90. The molecule has 1 fully saturated rings. The Hall–Kier alpha value is -1.18. The van der Waals surface area contributed by atoms with Gasteiger partial charge >= 0.3 is 0 Å². The fourth-order valence-electron chi connectivity index (χ4n) is 2.71. The number of nitrogens with two attached hydrogens (primary N) is 1. The van der Waals surface area contributed by atoms with Crippen molar-refractivity contribution in [1.82, 2.24) is 14.3 Å². The summed E-state index contributed by atoms with van der Waals surface area (Å²) in [5.74, 6) is 0.573. The smallest absolute Gasteiger partial charge is 0.149 e. The van der Waals surface area contributed by atoms with Crippen LogP contribution in [-0.2, 0) is 0 Å². The minimum absolute atomic E-state index is 0.273. The number of hydrogen-bond donors (Lipinski definition) is 2. The molecular weight excluding hydrogens is 302 g/mol. The van der Waals surface area contributed by atoms with E-state index in [1.54, 1.807) is 11.3 Å². The molecule has 1 saturated carbocycles. The predicted octanol–water partition coefficient (Wildman–Crippen LogP) is 3.05. The van der Waals surface area contributed by atoms with Crippen LogP contribution in [0.25, 0.3) is 10.6 Å². The maximum Gasteiger partial charge on any atom is 0.149 e. The quantitative estimate of drug-likeness (QED) is 0.885. The number of hydrogen-bond acceptors (Lipinski definition) is 7. The summed E-state index contributed by atoms with van der Waals surface area (Å²) in [7, 11) is 4.32. The third-order valence-electron chi connectivity index (χ3n) is 4.36. The summed E-state index contributed by atoms with van der Waals surface area (Å²) < 4.78 is 4.30. The molecule has 0 radical (unpaired) electrons. The van der Waals surface area contributed by atoms with Gasteiger partial charge in [0, 0.05) is 23.2 Å². The number of aryl methyl sites for hydroxylation is 1. The lowest BCUT2D eigenvalue weighted by Crippen LogP contribution is -2.54. The molecule has 114 valence electrons. The molecule has 0 atom stereocenters. The summed E-state index contributed by atoms with van der Waals surface area (Å²) >= 11 is 3.05. The van der Waals surface area contributed by atoms with E-state index in [9.17, 15) is 0 Å². The maximum atomic E-state index is 6.04. The van der Waals surface area contributed by atoms with Gasteiger partial charge in [-0.3, -0.25) is 0 Å². The first-order valence-electron chi connectivity index (χ1n) is 7.11. The van der Waals surface area contributed by atoms with E-state index in [2.05, 4.69) is 33.7 Å². The van der Waals surface area contributed by atoms with Crippen LogP contribution in [0.5, 0.6) is 0 Å². The van der Waals surface area contributed by atoms with E-state index < -0.39 is 0 Å². The molecule has 7 heteroatoms. The van der Waals surface area contributed by atoms with Gasteiger partial charge in [-0.1, -0.05) is 0 Å². The van der Waals surface area contributed by atoms with Gasteiger partial charge in [-0.05, 0) is 51.8 Å². The largest absolute Gasteiger partial charge is 0.382 e. The average Bonchev–Trinajstić information content (AvgIpc) is 2.94. The molecular formula is C14H21N5S2. The number of thiazole rings is 1. The van der Waals surface area contributed by atoms with Crippen molar-refractivity contribution in [3.05, 3.63) is 11.1 Å². The zero-order chi connectivity index (χ0) is 15.0. The average molecular weight is 323 g/mol. The topological polar surface area (TPSA) is 67.1 Å². The zero-order valence-electron chi connectivity index (χ0n) is 12.6. The van der Waals surface area contributed by atoms with Gasteiger partial charge in [0.2, 0.25) is 0 Å². The molecule has 3 N–H and O–H groups in total. The van der Waals surface area contributed by atoms with Gasteiger partial charge in [-0.2, -0.15) is 4.37 Å². The lowest BCUT2D eigenvalue weighted by atomic mass is 9.75. The zero-order valence-corrected chi connectivity index (χ0v) is 14.3. The Balaban J connectivity index is 1.81. The van der Waals surface area contributed by atoms with Gasteiger partial charge in [0.25, 0.3) is 0 Å². The van der Waals surface area contributed by atoms with Crippen LogP contribution in [0.4, 0.5) is 10.8 Å². The molecule has 0 aromatic carbocycles. The van der Waals surface area contributed by atoms with Crippen molar-refractivity contribution in [1.29, 1.82) is 0 Å². The maximum absolute atomic E-state index is 6.04. The van der Waals surface area contributed by atoms with Crippen molar-refractivity contribution in [3.63, 3.8) is 0 Å². The second kappa shape index (κ2) is 5.55. The van der Waals surface area contributed by atoms with Crippen molar-refractivity contribution in [3.8, 4) is 10.6 Å². The van der Waals surface area contributed by atoms with Crippen LogP contribution >= 0.6 is 22.9 Å². The highest BCUT2D eigenvalue weighted by Gasteiger charge is 2.39. The van der Waals surface area contributed by atoms with Crippen molar-refractivity contribution in [2.75, 3.05) is 31.7 Å². The van der Waals surface area contributed by atoms with Gasteiger partial charge in [0.05, 0.1) is 5.56 Å². The molecule has 0 aliphatic heterocycles. The van der Waals surface area contributed by atoms with Gasteiger partial charge in [-0.15, -0.1) is 11.3 Å². The molecule has 2 heterocycles. The lowest BCUT2D eigenvalue weighted by Gasteiger charge is -2.47. The molecule has 2 aromatic rings. The summed E-state index contributed by atoms with van der Waals surface area (Å²) in [5, 5.41) is 7.60. The number of nitrogens with zero attached hydrogens (tertiary/aromatic N) is 3. The van der Waals surface area contributed by atoms with Gasteiger partial charge < -0.3 is 16.0 Å². The number of rotatable bonds is 5. The molecule has 5 nitrogen and oxygen atoms in total. The fourth-order valence-corrected chi connectivity index (χ4v) is 4.34. The van der Waals surface area contributed by atoms with Gasteiger partial charge in [0.1, 0.15) is 15.8 Å². The first-order valence-corrected chi connectivity index (χ1v) is 8.76. The third-order valence-corrected chi connectivity index (χ3v) is 6.16. The Bertz CT molecular complexity index is 627. The monoisotopic (exact) mass is 323 g/mol. The predicted molar refractivity (Wildman–Crippen MR) is 91.1 cm³/mol. The van der Waals surface area contributed by atoms with Crippen LogP contribution in [-0.4, -0.2) is 40.4 Å². The number of nitrogen functional groups attached to an aromatic ring is 1. The number of aromatic nitrogens is 2. The first-order chi connectivity index (χ1) is 10.0. The highest BCUT2D eigenvalue weighted by Crippen LogP contribution is 2.41. The van der Waals surface area contributed by atoms with Crippen LogP contribution in [0.3, 0.4) is 0 Å². The number of likely N-dealkylation sites (N-methyl/N-ethyl adjacent to an activating group) is 1. The minimum atomic E-state index is 0.273. The van der Waals surface area contributed by atoms with Crippen LogP contribution in [0, 0.1) is 6.92 Å². The van der Waals surface area contributed by atoms with E-state index in [0.717, 1.165) is 27.8 Å². The van der Waals surface area contributed by atoms with Crippen LogP contribution in [0.15, 0.2) is 5.38 Å². The second-order valence-corrected chi connectivity index (χ2v) is 7.52. The van der Waals surface area contributed by atoms with Gasteiger partial charge in [-0.25, -0.2) is 4.98 Å². The first kappa shape index (κ1) is 14.7.